The highest BCUT2D eigenvalue weighted by Gasteiger charge is 2.30. The predicted octanol–water partition coefficient (Wildman–Crippen LogP) is 3.54. The summed E-state index contributed by atoms with van der Waals surface area (Å²) in [5.74, 6) is 1.36. The Balaban J connectivity index is 1.36. The second-order valence-electron chi connectivity index (χ2n) is 9.90. The number of piperidine rings is 1. The van der Waals surface area contributed by atoms with Crippen LogP contribution in [0.4, 0.5) is 0 Å². The highest BCUT2D eigenvalue weighted by atomic mass is 32.2. The summed E-state index contributed by atoms with van der Waals surface area (Å²) in [6, 6.07) is 12.8. The van der Waals surface area contributed by atoms with Crippen molar-refractivity contribution in [1.82, 2.24) is 14.9 Å². The number of likely N-dealkylation sites (tertiary alicyclic amines) is 1. The van der Waals surface area contributed by atoms with Gasteiger partial charge in [-0.1, -0.05) is 38.1 Å². The minimum Gasteiger partial charge on any atom is -0.495 e. The molecule has 2 aromatic carbocycles. The van der Waals surface area contributed by atoms with Crippen molar-refractivity contribution in [3.05, 3.63) is 59.2 Å². The van der Waals surface area contributed by atoms with Gasteiger partial charge in [-0.2, -0.15) is 0 Å². The molecule has 1 amide bonds. The molecule has 2 aliphatic rings. The van der Waals surface area contributed by atoms with E-state index in [9.17, 15) is 13.2 Å². The number of hydrogen-bond acceptors (Lipinski definition) is 5. The Morgan fingerprint density at radius 3 is 2.29 bits per heavy atom. The van der Waals surface area contributed by atoms with Crippen LogP contribution in [0.2, 0.25) is 0 Å². The van der Waals surface area contributed by atoms with Crippen molar-refractivity contribution in [2.75, 3.05) is 20.2 Å². The van der Waals surface area contributed by atoms with Gasteiger partial charge < -0.3 is 10.1 Å². The molecule has 7 nitrogen and oxygen atoms in total. The maximum absolute atomic E-state index is 12.7. The lowest BCUT2D eigenvalue weighted by molar-refractivity contribution is 0.0950. The first kappa shape index (κ1) is 24.7. The van der Waals surface area contributed by atoms with Crippen LogP contribution in [0.3, 0.4) is 0 Å². The molecule has 1 saturated carbocycles. The number of ether oxygens (including phenoxy) is 1. The van der Waals surface area contributed by atoms with Gasteiger partial charge in [0, 0.05) is 37.8 Å². The van der Waals surface area contributed by atoms with Crippen molar-refractivity contribution in [2.24, 2.45) is 11.8 Å². The first-order valence-corrected chi connectivity index (χ1v) is 13.5. The number of benzene rings is 2. The number of nitrogens with one attached hydrogen (secondary N) is 2. The van der Waals surface area contributed by atoms with E-state index in [1.807, 2.05) is 12.1 Å². The Labute approximate surface area is 202 Å². The third-order valence-electron chi connectivity index (χ3n) is 6.44. The fourth-order valence-electron chi connectivity index (χ4n) is 4.74. The smallest absolute Gasteiger partial charge is 0.251 e. The van der Waals surface area contributed by atoms with Crippen LogP contribution in [0.25, 0.3) is 0 Å². The summed E-state index contributed by atoms with van der Waals surface area (Å²) < 4.78 is 33.3. The Bertz CT molecular complexity index is 1100. The minimum absolute atomic E-state index is 0.0137. The van der Waals surface area contributed by atoms with Gasteiger partial charge in [-0.3, -0.25) is 9.69 Å². The molecule has 0 radical (unpaired) electrons. The molecular weight excluding hydrogens is 450 g/mol. The minimum atomic E-state index is -3.75. The largest absolute Gasteiger partial charge is 0.495 e. The molecule has 0 aromatic heterocycles. The average molecular weight is 486 g/mol. The van der Waals surface area contributed by atoms with E-state index in [0.717, 1.165) is 49.9 Å². The molecule has 1 aliphatic heterocycles. The zero-order valence-corrected chi connectivity index (χ0v) is 21.0. The Morgan fingerprint density at radius 1 is 1.03 bits per heavy atom. The molecule has 2 aromatic rings. The van der Waals surface area contributed by atoms with E-state index in [-0.39, 0.29) is 28.2 Å². The number of carbonyl (C=O) groups excluding carboxylic acids is 1. The van der Waals surface area contributed by atoms with Gasteiger partial charge >= 0.3 is 0 Å². The van der Waals surface area contributed by atoms with Crippen molar-refractivity contribution in [3.8, 4) is 5.75 Å². The molecule has 8 heteroatoms. The number of carbonyl (C=O) groups is 1. The van der Waals surface area contributed by atoms with Gasteiger partial charge in [0.05, 0.1) is 7.11 Å². The number of hydrogen-bond donors (Lipinski definition) is 2. The lowest BCUT2D eigenvalue weighted by atomic mass is 9.91. The second-order valence-corrected chi connectivity index (χ2v) is 11.6. The van der Waals surface area contributed by atoms with E-state index in [1.54, 1.807) is 6.07 Å². The lowest BCUT2D eigenvalue weighted by Gasteiger charge is -2.35. The van der Waals surface area contributed by atoms with Crippen molar-refractivity contribution < 1.29 is 17.9 Å². The zero-order chi connectivity index (χ0) is 24.3. The monoisotopic (exact) mass is 485 g/mol. The van der Waals surface area contributed by atoms with Crippen LogP contribution in [-0.2, 0) is 23.1 Å². The van der Waals surface area contributed by atoms with E-state index in [4.69, 9.17) is 4.74 Å². The van der Waals surface area contributed by atoms with Gasteiger partial charge in [-0.05, 0) is 60.4 Å². The molecule has 1 aliphatic carbocycles. The molecule has 0 spiro atoms. The molecule has 2 unspecified atom stereocenters. The van der Waals surface area contributed by atoms with Gasteiger partial charge in [0.15, 0.2) is 0 Å². The van der Waals surface area contributed by atoms with Crippen molar-refractivity contribution >= 4 is 15.9 Å². The molecule has 4 rings (SSSR count). The standard InChI is InChI=1S/C26H35N3O4S/c1-18-12-19(2)16-29(15-18)17-21-6-4-20(5-7-21)14-27-26(30)22-8-11-24(33-3)25(13-22)34(31,32)28-23-9-10-23/h4-8,11,13,18-19,23,28H,9-10,12,14-17H2,1-3H3,(H,27,30). The predicted molar refractivity (Wildman–Crippen MR) is 132 cm³/mol. The average Bonchev–Trinajstić information content (AvgIpc) is 3.60. The van der Waals surface area contributed by atoms with Crippen molar-refractivity contribution in [1.29, 1.82) is 0 Å². The van der Waals surface area contributed by atoms with Gasteiger partial charge in [0.1, 0.15) is 10.6 Å². The third-order valence-corrected chi connectivity index (χ3v) is 7.98. The van der Waals surface area contributed by atoms with E-state index in [2.05, 4.69) is 40.9 Å². The quantitative estimate of drug-likeness (QED) is 0.567. The van der Waals surface area contributed by atoms with Crippen LogP contribution in [0.5, 0.6) is 5.75 Å². The zero-order valence-electron chi connectivity index (χ0n) is 20.2. The number of nitrogens with zero attached hydrogens (tertiary/aromatic N) is 1. The van der Waals surface area contributed by atoms with Crippen LogP contribution >= 0.6 is 0 Å². The van der Waals surface area contributed by atoms with Crippen LogP contribution in [0.15, 0.2) is 47.4 Å². The topological polar surface area (TPSA) is 87.7 Å². The molecule has 34 heavy (non-hydrogen) atoms. The summed E-state index contributed by atoms with van der Waals surface area (Å²) in [6.45, 7) is 8.22. The summed E-state index contributed by atoms with van der Waals surface area (Å²) in [5.41, 5.74) is 2.54. The second kappa shape index (κ2) is 10.5. The maximum atomic E-state index is 12.7. The Kier molecular flexibility index (Phi) is 7.60. The molecule has 184 valence electrons. The first-order chi connectivity index (χ1) is 16.2. The van der Waals surface area contributed by atoms with Gasteiger partial charge in [0.25, 0.3) is 5.91 Å². The van der Waals surface area contributed by atoms with Crippen LogP contribution < -0.4 is 14.8 Å². The number of amides is 1. The first-order valence-electron chi connectivity index (χ1n) is 12.0. The van der Waals surface area contributed by atoms with Crippen molar-refractivity contribution in [2.45, 2.75) is 57.1 Å². The Hall–Kier alpha value is -2.42. The third kappa shape index (κ3) is 6.37. The summed E-state index contributed by atoms with van der Waals surface area (Å²) in [5, 5.41) is 2.89. The Morgan fingerprint density at radius 2 is 1.68 bits per heavy atom. The molecule has 1 heterocycles. The van der Waals surface area contributed by atoms with Crippen LogP contribution in [-0.4, -0.2) is 45.5 Å². The highest BCUT2D eigenvalue weighted by molar-refractivity contribution is 7.89. The van der Waals surface area contributed by atoms with Gasteiger partial charge in [-0.25, -0.2) is 13.1 Å². The van der Waals surface area contributed by atoms with E-state index in [1.165, 1.54) is 31.2 Å². The maximum Gasteiger partial charge on any atom is 0.251 e. The normalized spacial score (nSPS) is 21.3. The summed E-state index contributed by atoms with van der Waals surface area (Å²) in [7, 11) is -2.33. The molecule has 0 bridgehead atoms. The van der Waals surface area contributed by atoms with Crippen LogP contribution in [0, 0.1) is 11.8 Å². The molecule has 2 fully saturated rings. The summed E-state index contributed by atoms with van der Waals surface area (Å²) in [6.07, 6.45) is 2.96. The molecular formula is C26H35N3O4S. The van der Waals surface area contributed by atoms with Crippen molar-refractivity contribution in [3.63, 3.8) is 0 Å². The van der Waals surface area contributed by atoms with Gasteiger partial charge in [0.2, 0.25) is 10.0 Å². The molecule has 1 saturated heterocycles. The SMILES string of the molecule is COc1ccc(C(=O)NCc2ccc(CN3CC(C)CC(C)C3)cc2)cc1S(=O)(=O)NC1CC1. The van der Waals surface area contributed by atoms with E-state index < -0.39 is 10.0 Å². The molecule has 2 N–H and O–H groups in total. The number of sulfonamides is 1. The summed E-state index contributed by atoms with van der Waals surface area (Å²) in [4.78, 5) is 15.3. The van der Waals surface area contributed by atoms with E-state index >= 15 is 0 Å². The number of methoxy groups -OCH3 is 1. The fraction of sp³-hybridized carbons (Fsp3) is 0.500. The number of rotatable bonds is 9. The van der Waals surface area contributed by atoms with Crippen LogP contribution in [0.1, 0.15) is 54.6 Å². The fourth-order valence-corrected chi connectivity index (χ4v) is 6.24. The molecule has 2 atom stereocenters. The van der Waals surface area contributed by atoms with Gasteiger partial charge in [-0.15, -0.1) is 0 Å². The summed E-state index contributed by atoms with van der Waals surface area (Å²) >= 11 is 0. The lowest BCUT2D eigenvalue weighted by Crippen LogP contribution is -2.38. The highest BCUT2D eigenvalue weighted by Crippen LogP contribution is 2.28. The van der Waals surface area contributed by atoms with E-state index in [0.29, 0.717) is 6.54 Å².